The fourth-order valence-corrected chi connectivity index (χ4v) is 8.53. The first-order valence-corrected chi connectivity index (χ1v) is 18.8. The minimum Gasteiger partial charge on any atom is -0.459 e. The van der Waals surface area contributed by atoms with Crippen LogP contribution in [0.25, 0.3) is 0 Å². The smallest absolute Gasteiger partial charge is 0.311 e. The predicted molar refractivity (Wildman–Crippen MR) is 190 cm³/mol. The van der Waals surface area contributed by atoms with E-state index in [-0.39, 0.29) is 37.3 Å². The highest BCUT2D eigenvalue weighted by molar-refractivity contribution is 5.73. The zero-order valence-electron chi connectivity index (χ0n) is 33.2. The number of rotatable bonds is 7. The number of aliphatic hydroxyl groups is 5. The van der Waals surface area contributed by atoms with Crippen LogP contribution in [-0.2, 0) is 33.2 Å². The Kier molecular flexibility index (Phi) is 15.3. The number of carbonyl (C=O) groups excluding carboxylic acids is 1. The molecule has 3 aliphatic heterocycles. The summed E-state index contributed by atoms with van der Waals surface area (Å²) < 4.78 is 37.3. The van der Waals surface area contributed by atoms with Crippen LogP contribution >= 0.6 is 0 Å². The van der Waals surface area contributed by atoms with Crippen molar-refractivity contribution in [2.45, 2.75) is 185 Å². The summed E-state index contributed by atoms with van der Waals surface area (Å²) in [7, 11) is 5.10. The number of ether oxygens (including phenoxy) is 6. The first-order chi connectivity index (χ1) is 23.5. The van der Waals surface area contributed by atoms with Gasteiger partial charge in [-0.25, -0.2) is 0 Å². The lowest BCUT2D eigenvalue weighted by molar-refractivity contribution is -0.316. The summed E-state index contributed by atoms with van der Waals surface area (Å²) in [6.07, 6.45) is -8.24. The number of hydrogen-bond donors (Lipinski definition) is 6. The Labute approximate surface area is 305 Å². The molecule has 3 rings (SSSR count). The summed E-state index contributed by atoms with van der Waals surface area (Å²) in [6, 6.07) is -0.858. The standard InChI is InChI=1S/C37H70N2O12/c1-14-26-37(10,45)30(41)23(6)39(12)18-19(2)16-35(8,44)32(51-34-28(40)25(38-11)15-20(3)47-34)21(4)29(22(5)33(43)49-26)50-27-17-36(9,46-13)31(42)24(7)48-27/h19-32,34,38,40-42,44-45H,14-18H2,1-13H3. The third kappa shape index (κ3) is 10.0. The highest BCUT2D eigenvalue weighted by atomic mass is 16.7. The topological polar surface area (TPSA) is 189 Å². The van der Waals surface area contributed by atoms with Gasteiger partial charge in [0.15, 0.2) is 12.6 Å². The van der Waals surface area contributed by atoms with Gasteiger partial charge in [0.2, 0.25) is 0 Å². The van der Waals surface area contributed by atoms with Crippen molar-refractivity contribution in [3.8, 4) is 0 Å². The van der Waals surface area contributed by atoms with E-state index in [1.807, 2.05) is 32.7 Å². The molecule has 51 heavy (non-hydrogen) atoms. The zero-order chi connectivity index (χ0) is 38.8. The Bertz CT molecular complexity index is 1110. The summed E-state index contributed by atoms with van der Waals surface area (Å²) in [6.45, 7) is 18.0. The van der Waals surface area contributed by atoms with E-state index in [4.69, 9.17) is 28.4 Å². The van der Waals surface area contributed by atoms with Crippen LogP contribution < -0.4 is 5.32 Å². The quantitative estimate of drug-likeness (QED) is 0.207. The first kappa shape index (κ1) is 44.4. The largest absolute Gasteiger partial charge is 0.459 e. The SMILES string of the molecule is CCC1OC(=O)C(C)C(OC2CC(C)(OC)C(O)C(C)O2)C(C)C(OC2OC(C)CC(NC)C2O)C(C)(O)CC(C)CN(C)C(C)C(O)C1(C)O. The Morgan fingerprint density at radius 3 is 2.16 bits per heavy atom. The predicted octanol–water partition coefficient (Wildman–Crippen LogP) is 1.56. The Morgan fingerprint density at radius 2 is 1.59 bits per heavy atom. The van der Waals surface area contributed by atoms with Crippen molar-refractivity contribution in [1.29, 1.82) is 0 Å². The second kappa shape index (κ2) is 17.6. The first-order valence-electron chi connectivity index (χ1n) is 18.8. The maximum atomic E-state index is 14.2. The van der Waals surface area contributed by atoms with E-state index < -0.39 is 96.0 Å². The molecule has 0 saturated carbocycles. The van der Waals surface area contributed by atoms with Gasteiger partial charge in [-0.2, -0.15) is 0 Å². The molecule has 0 aliphatic carbocycles. The maximum Gasteiger partial charge on any atom is 0.311 e. The van der Waals surface area contributed by atoms with Gasteiger partial charge in [-0.15, -0.1) is 0 Å². The number of nitrogens with one attached hydrogen (secondary N) is 1. The second-order valence-corrected chi connectivity index (χ2v) is 16.5. The Morgan fingerprint density at radius 1 is 0.961 bits per heavy atom. The van der Waals surface area contributed by atoms with E-state index in [1.165, 1.54) is 14.0 Å². The van der Waals surface area contributed by atoms with Crippen LogP contribution in [0.15, 0.2) is 0 Å². The van der Waals surface area contributed by atoms with Crippen molar-refractivity contribution in [3.63, 3.8) is 0 Å². The van der Waals surface area contributed by atoms with Crippen LogP contribution in [0.2, 0.25) is 0 Å². The zero-order valence-corrected chi connectivity index (χ0v) is 33.2. The van der Waals surface area contributed by atoms with Gasteiger partial charge in [0, 0.05) is 38.1 Å². The molecule has 0 aromatic heterocycles. The van der Waals surface area contributed by atoms with Crippen LogP contribution in [-0.4, -0.2) is 154 Å². The Balaban J connectivity index is 2.16. The average Bonchev–Trinajstić information content (AvgIpc) is 3.05. The lowest BCUT2D eigenvalue weighted by Gasteiger charge is -2.48. The minimum absolute atomic E-state index is 0.132. The molecule has 14 nitrogen and oxygen atoms in total. The van der Waals surface area contributed by atoms with Crippen molar-refractivity contribution < 1.29 is 58.7 Å². The minimum atomic E-state index is -1.80. The van der Waals surface area contributed by atoms with Crippen LogP contribution in [0.1, 0.15) is 94.9 Å². The number of esters is 1. The lowest BCUT2D eigenvalue weighted by atomic mass is 9.77. The average molecular weight is 735 g/mol. The number of likely N-dealkylation sites (N-methyl/N-ethyl adjacent to an activating group) is 2. The third-order valence-corrected chi connectivity index (χ3v) is 11.9. The van der Waals surface area contributed by atoms with Crippen molar-refractivity contribution in [3.05, 3.63) is 0 Å². The molecule has 0 spiro atoms. The molecule has 18 atom stereocenters. The van der Waals surface area contributed by atoms with Gasteiger partial charge in [-0.1, -0.05) is 20.8 Å². The van der Waals surface area contributed by atoms with Crippen LogP contribution in [0.5, 0.6) is 0 Å². The van der Waals surface area contributed by atoms with Gasteiger partial charge >= 0.3 is 5.97 Å². The summed E-state index contributed by atoms with van der Waals surface area (Å²) in [5, 5.41) is 61.0. The molecule has 0 aromatic carbocycles. The van der Waals surface area contributed by atoms with E-state index in [2.05, 4.69) is 5.32 Å². The third-order valence-electron chi connectivity index (χ3n) is 11.9. The maximum absolute atomic E-state index is 14.2. The highest BCUT2D eigenvalue weighted by Crippen LogP contribution is 2.40. The van der Waals surface area contributed by atoms with Crippen LogP contribution in [0.4, 0.5) is 0 Å². The number of aliphatic hydroxyl groups excluding tert-OH is 3. The molecule has 6 N–H and O–H groups in total. The van der Waals surface area contributed by atoms with E-state index in [9.17, 15) is 30.3 Å². The molecule has 3 fully saturated rings. The molecule has 3 aliphatic rings. The molecule has 0 radical (unpaired) electrons. The fraction of sp³-hybridized carbons (Fsp3) is 0.973. The van der Waals surface area contributed by atoms with Crippen molar-refractivity contribution in [2.75, 3.05) is 27.7 Å². The van der Waals surface area contributed by atoms with E-state index in [0.29, 0.717) is 13.0 Å². The molecule has 0 amide bonds. The van der Waals surface area contributed by atoms with Gasteiger partial charge in [0.25, 0.3) is 0 Å². The van der Waals surface area contributed by atoms with Gasteiger partial charge in [0.05, 0.1) is 41.5 Å². The summed E-state index contributed by atoms with van der Waals surface area (Å²) in [5.74, 6) is -2.59. The summed E-state index contributed by atoms with van der Waals surface area (Å²) >= 11 is 0. The Hall–Kier alpha value is -1.01. The van der Waals surface area contributed by atoms with Gasteiger partial charge in [-0.05, 0) is 87.7 Å². The van der Waals surface area contributed by atoms with Crippen molar-refractivity contribution in [2.24, 2.45) is 17.8 Å². The van der Waals surface area contributed by atoms with Crippen LogP contribution in [0.3, 0.4) is 0 Å². The monoisotopic (exact) mass is 734 g/mol. The normalized spacial score (nSPS) is 50.2. The van der Waals surface area contributed by atoms with E-state index in [0.717, 1.165) is 0 Å². The van der Waals surface area contributed by atoms with Gasteiger partial charge in [0.1, 0.15) is 30.0 Å². The van der Waals surface area contributed by atoms with E-state index in [1.54, 1.807) is 48.6 Å². The molecule has 3 heterocycles. The van der Waals surface area contributed by atoms with E-state index >= 15 is 0 Å². The van der Waals surface area contributed by atoms with Gasteiger partial charge < -0.3 is 64.2 Å². The van der Waals surface area contributed by atoms with Crippen LogP contribution in [0, 0.1) is 17.8 Å². The van der Waals surface area contributed by atoms with Gasteiger partial charge in [-0.3, -0.25) is 4.79 Å². The molecule has 3 saturated heterocycles. The molecular weight excluding hydrogens is 664 g/mol. The number of nitrogens with zero attached hydrogens (tertiary/aromatic N) is 1. The number of methoxy groups -OCH3 is 1. The molecule has 18 unspecified atom stereocenters. The molecule has 14 heteroatoms. The summed E-state index contributed by atoms with van der Waals surface area (Å²) in [4.78, 5) is 16.1. The number of carbonyl (C=O) groups is 1. The number of hydrogen-bond acceptors (Lipinski definition) is 14. The molecule has 0 aromatic rings. The van der Waals surface area contributed by atoms with Crippen molar-refractivity contribution >= 4 is 5.97 Å². The number of cyclic esters (lactones) is 1. The highest BCUT2D eigenvalue weighted by Gasteiger charge is 2.52. The second-order valence-electron chi connectivity index (χ2n) is 16.5. The lowest BCUT2D eigenvalue weighted by Crippen LogP contribution is -2.60. The van der Waals surface area contributed by atoms with Crippen molar-refractivity contribution in [1.82, 2.24) is 10.2 Å². The molecule has 300 valence electrons. The molecular formula is C37H70N2O12. The molecule has 0 bridgehead atoms. The fourth-order valence-electron chi connectivity index (χ4n) is 8.53. The summed E-state index contributed by atoms with van der Waals surface area (Å²) in [5.41, 5.74) is -4.37.